The number of alkyl halides is 3. The van der Waals surface area contributed by atoms with E-state index in [0.29, 0.717) is 15.6 Å². The van der Waals surface area contributed by atoms with Crippen molar-refractivity contribution in [1.82, 2.24) is 0 Å². The van der Waals surface area contributed by atoms with Gasteiger partial charge in [0.05, 0.1) is 4.32 Å². The van der Waals surface area contributed by atoms with E-state index in [1.165, 1.54) is 17.5 Å². The second kappa shape index (κ2) is 3.08. The fourth-order valence-electron chi connectivity index (χ4n) is 2.75. The first-order valence-electron chi connectivity index (χ1n) is 4.72. The Labute approximate surface area is 109 Å². The highest BCUT2D eigenvalue weighted by Gasteiger charge is 2.59. The minimum atomic E-state index is 0.105. The second-order valence-electron chi connectivity index (χ2n) is 4.07. The van der Waals surface area contributed by atoms with E-state index >= 15 is 0 Å². The third-order valence-electron chi connectivity index (χ3n) is 3.44. The van der Waals surface area contributed by atoms with Crippen molar-refractivity contribution in [2.45, 2.75) is 26.3 Å². The number of hydrogen-bond acceptors (Lipinski definition) is 0. The average molecular weight is 381 g/mol. The monoisotopic (exact) mass is 378 g/mol. The lowest BCUT2D eigenvalue weighted by Gasteiger charge is -2.28. The van der Waals surface area contributed by atoms with Gasteiger partial charge in [0, 0.05) is 9.65 Å². The maximum absolute atomic E-state index is 3.92. The SMILES string of the molecule is BrC1[C@@H]2C[C@H](Br)[C@@]1(Br)c1ccccc12. The van der Waals surface area contributed by atoms with Crippen molar-refractivity contribution >= 4 is 47.8 Å². The van der Waals surface area contributed by atoms with Crippen LogP contribution in [-0.2, 0) is 4.32 Å². The Morgan fingerprint density at radius 3 is 2.71 bits per heavy atom. The number of halogens is 3. The Morgan fingerprint density at radius 2 is 1.93 bits per heavy atom. The molecular weight excluding hydrogens is 372 g/mol. The smallest absolute Gasteiger partial charge is 0.0764 e. The van der Waals surface area contributed by atoms with E-state index in [-0.39, 0.29) is 4.32 Å². The second-order valence-corrected chi connectivity index (χ2v) is 7.47. The van der Waals surface area contributed by atoms with E-state index < -0.39 is 0 Å². The zero-order valence-corrected chi connectivity index (χ0v) is 12.1. The standard InChI is InChI=1S/C11H9Br3/c12-9-5-7-6-3-1-2-4-8(6)11(9,14)10(7)13/h1-4,7,9-10H,5H2/t7-,9+,10?,11+/m1/s1. The molecule has 3 heteroatoms. The van der Waals surface area contributed by atoms with Crippen LogP contribution in [0.1, 0.15) is 23.5 Å². The van der Waals surface area contributed by atoms with Crippen molar-refractivity contribution in [3.63, 3.8) is 0 Å². The zero-order valence-electron chi connectivity index (χ0n) is 7.38. The molecule has 0 spiro atoms. The van der Waals surface area contributed by atoms with Crippen LogP contribution >= 0.6 is 47.8 Å². The first kappa shape index (κ1) is 9.86. The van der Waals surface area contributed by atoms with Crippen molar-refractivity contribution in [3.8, 4) is 0 Å². The van der Waals surface area contributed by atoms with Crippen LogP contribution in [0.3, 0.4) is 0 Å². The molecule has 0 amide bonds. The molecule has 1 saturated carbocycles. The molecule has 74 valence electrons. The first-order valence-corrected chi connectivity index (χ1v) is 7.34. The Kier molecular flexibility index (Phi) is 2.17. The molecule has 1 unspecified atom stereocenters. The molecule has 0 aliphatic heterocycles. The maximum atomic E-state index is 3.92. The summed E-state index contributed by atoms with van der Waals surface area (Å²) in [6.45, 7) is 0. The Balaban J connectivity index is 2.26. The van der Waals surface area contributed by atoms with Crippen molar-refractivity contribution in [2.75, 3.05) is 0 Å². The minimum absolute atomic E-state index is 0.105. The van der Waals surface area contributed by atoms with Gasteiger partial charge in [0.2, 0.25) is 0 Å². The molecule has 0 radical (unpaired) electrons. The highest BCUT2D eigenvalue weighted by Crippen LogP contribution is 2.65. The quantitative estimate of drug-likeness (QED) is 0.588. The van der Waals surface area contributed by atoms with Crippen LogP contribution in [0.25, 0.3) is 0 Å². The average Bonchev–Trinajstić information content (AvgIpc) is 2.54. The highest BCUT2D eigenvalue weighted by atomic mass is 79.9. The van der Waals surface area contributed by atoms with Gasteiger partial charge in [0.25, 0.3) is 0 Å². The molecule has 0 saturated heterocycles. The van der Waals surface area contributed by atoms with Crippen LogP contribution in [0, 0.1) is 0 Å². The van der Waals surface area contributed by atoms with Gasteiger partial charge in [-0.1, -0.05) is 72.1 Å². The zero-order chi connectivity index (χ0) is 9.92. The third kappa shape index (κ3) is 0.992. The first-order chi connectivity index (χ1) is 6.65. The van der Waals surface area contributed by atoms with Crippen LogP contribution in [-0.4, -0.2) is 9.65 Å². The Morgan fingerprint density at radius 1 is 1.21 bits per heavy atom. The Bertz CT molecular complexity index is 390. The summed E-state index contributed by atoms with van der Waals surface area (Å²) in [5, 5.41) is 0. The molecule has 14 heavy (non-hydrogen) atoms. The molecule has 0 N–H and O–H groups in total. The molecule has 3 rings (SSSR count). The maximum Gasteiger partial charge on any atom is 0.0764 e. The lowest BCUT2D eigenvalue weighted by Crippen LogP contribution is -2.29. The summed E-state index contributed by atoms with van der Waals surface area (Å²) >= 11 is 11.5. The van der Waals surface area contributed by atoms with Gasteiger partial charge in [-0.3, -0.25) is 0 Å². The Hall–Kier alpha value is 0.660. The van der Waals surface area contributed by atoms with Gasteiger partial charge in [-0.2, -0.15) is 0 Å². The van der Waals surface area contributed by atoms with Gasteiger partial charge in [-0.25, -0.2) is 0 Å². The molecule has 2 aliphatic rings. The normalized spacial score (nSPS) is 44.1. The molecular formula is C11H9Br3. The fraction of sp³-hybridized carbons (Fsp3) is 0.455. The van der Waals surface area contributed by atoms with E-state index in [2.05, 4.69) is 72.1 Å². The van der Waals surface area contributed by atoms with E-state index in [1.54, 1.807) is 0 Å². The summed E-state index contributed by atoms with van der Waals surface area (Å²) in [5.74, 6) is 0.662. The summed E-state index contributed by atoms with van der Waals surface area (Å²) in [6.07, 6.45) is 1.22. The van der Waals surface area contributed by atoms with E-state index in [0.717, 1.165) is 0 Å². The van der Waals surface area contributed by atoms with Gasteiger partial charge in [0.15, 0.2) is 0 Å². The lowest BCUT2D eigenvalue weighted by molar-refractivity contribution is 0.716. The van der Waals surface area contributed by atoms with E-state index in [9.17, 15) is 0 Å². The number of rotatable bonds is 0. The summed E-state index contributed by atoms with van der Waals surface area (Å²) in [7, 11) is 0. The molecule has 2 bridgehead atoms. The molecule has 2 aliphatic carbocycles. The molecule has 1 fully saturated rings. The summed E-state index contributed by atoms with van der Waals surface area (Å²) in [5.41, 5.74) is 2.97. The molecule has 1 aromatic rings. The van der Waals surface area contributed by atoms with Gasteiger partial charge >= 0.3 is 0 Å². The molecule has 0 nitrogen and oxygen atoms in total. The summed E-state index contributed by atoms with van der Waals surface area (Å²) in [4.78, 5) is 1.07. The summed E-state index contributed by atoms with van der Waals surface area (Å²) in [6, 6.07) is 8.77. The third-order valence-corrected chi connectivity index (χ3v) is 8.60. The molecule has 0 aromatic heterocycles. The van der Waals surface area contributed by atoms with Crippen LogP contribution in [0.2, 0.25) is 0 Å². The van der Waals surface area contributed by atoms with Gasteiger partial charge < -0.3 is 0 Å². The van der Waals surface area contributed by atoms with Crippen LogP contribution in [0.4, 0.5) is 0 Å². The van der Waals surface area contributed by atoms with Crippen molar-refractivity contribution in [3.05, 3.63) is 35.4 Å². The van der Waals surface area contributed by atoms with Crippen LogP contribution in [0.15, 0.2) is 24.3 Å². The number of hydrogen-bond donors (Lipinski definition) is 0. The predicted octanol–water partition coefficient (Wildman–Crippen LogP) is 4.30. The molecule has 4 atom stereocenters. The van der Waals surface area contributed by atoms with Crippen molar-refractivity contribution in [2.24, 2.45) is 0 Å². The van der Waals surface area contributed by atoms with Crippen molar-refractivity contribution < 1.29 is 0 Å². The topological polar surface area (TPSA) is 0 Å². The number of benzene rings is 1. The number of fused-ring (bicyclic) bond motifs is 5. The van der Waals surface area contributed by atoms with Gasteiger partial charge in [-0.05, 0) is 23.5 Å². The van der Waals surface area contributed by atoms with Gasteiger partial charge in [0.1, 0.15) is 0 Å². The molecule has 0 heterocycles. The molecule has 1 aromatic carbocycles. The van der Waals surface area contributed by atoms with Crippen molar-refractivity contribution in [1.29, 1.82) is 0 Å². The van der Waals surface area contributed by atoms with Crippen LogP contribution in [0.5, 0.6) is 0 Å². The highest BCUT2D eigenvalue weighted by molar-refractivity contribution is 9.14. The minimum Gasteiger partial charge on any atom is -0.0871 e. The predicted molar refractivity (Wildman–Crippen MR) is 69.8 cm³/mol. The van der Waals surface area contributed by atoms with Gasteiger partial charge in [-0.15, -0.1) is 0 Å². The lowest BCUT2D eigenvalue weighted by atomic mass is 9.92. The van der Waals surface area contributed by atoms with Crippen LogP contribution < -0.4 is 0 Å². The fourth-order valence-corrected chi connectivity index (χ4v) is 5.97. The largest absolute Gasteiger partial charge is 0.0871 e. The van der Waals surface area contributed by atoms with E-state index in [1.807, 2.05) is 0 Å². The summed E-state index contributed by atoms with van der Waals surface area (Å²) < 4.78 is 0.105. The van der Waals surface area contributed by atoms with E-state index in [4.69, 9.17) is 0 Å².